The van der Waals surface area contributed by atoms with Crippen LogP contribution in [0.3, 0.4) is 0 Å². The van der Waals surface area contributed by atoms with Gasteiger partial charge < -0.3 is 10.3 Å². The van der Waals surface area contributed by atoms with Crippen LogP contribution >= 0.6 is 11.3 Å². The molecule has 2 N–H and O–H groups in total. The van der Waals surface area contributed by atoms with Crippen molar-refractivity contribution < 1.29 is 4.79 Å². The number of thiophene rings is 1. The zero-order chi connectivity index (χ0) is 12.4. The summed E-state index contributed by atoms with van der Waals surface area (Å²) in [6.07, 6.45) is 0. The van der Waals surface area contributed by atoms with Crippen LogP contribution in [-0.4, -0.2) is 10.9 Å². The monoisotopic (exact) mass is 256 g/mol. The van der Waals surface area contributed by atoms with Crippen molar-refractivity contribution in [3.05, 3.63) is 59.1 Å². The Morgan fingerprint density at radius 1 is 1.22 bits per heavy atom. The zero-order valence-electron chi connectivity index (χ0n) is 9.64. The van der Waals surface area contributed by atoms with Crippen molar-refractivity contribution in [3.8, 4) is 0 Å². The van der Waals surface area contributed by atoms with Gasteiger partial charge in [0.15, 0.2) is 0 Å². The Morgan fingerprint density at radius 2 is 2.06 bits per heavy atom. The van der Waals surface area contributed by atoms with E-state index in [0.29, 0.717) is 12.2 Å². The molecule has 0 spiro atoms. The Morgan fingerprint density at radius 3 is 2.83 bits per heavy atom. The normalized spacial score (nSPS) is 10.7. The highest BCUT2D eigenvalue weighted by Gasteiger charge is 2.09. The molecular formula is C14H12N2OS. The van der Waals surface area contributed by atoms with E-state index in [-0.39, 0.29) is 5.91 Å². The van der Waals surface area contributed by atoms with Crippen LogP contribution in [0.4, 0.5) is 0 Å². The molecule has 4 heteroatoms. The summed E-state index contributed by atoms with van der Waals surface area (Å²) in [7, 11) is 0. The molecule has 0 aliphatic heterocycles. The molecule has 0 fully saturated rings. The number of carbonyl (C=O) groups excluding carboxylic acids is 1. The van der Waals surface area contributed by atoms with Crippen LogP contribution in [0, 0.1) is 0 Å². The number of hydrogen-bond acceptors (Lipinski definition) is 2. The van der Waals surface area contributed by atoms with E-state index >= 15 is 0 Å². The van der Waals surface area contributed by atoms with E-state index in [1.54, 1.807) is 11.3 Å². The lowest BCUT2D eigenvalue weighted by atomic mass is 10.2. The summed E-state index contributed by atoms with van der Waals surface area (Å²) in [5, 5.41) is 4.91. The van der Waals surface area contributed by atoms with E-state index in [1.807, 2.05) is 47.8 Å². The largest absolute Gasteiger partial charge is 0.350 e. The van der Waals surface area contributed by atoms with Gasteiger partial charge in [0.1, 0.15) is 5.69 Å². The molecule has 2 heterocycles. The van der Waals surface area contributed by atoms with Gasteiger partial charge in [-0.2, -0.15) is 0 Å². The summed E-state index contributed by atoms with van der Waals surface area (Å²) in [4.78, 5) is 15.1. The fourth-order valence-electron chi connectivity index (χ4n) is 1.84. The second kappa shape index (κ2) is 4.66. The third-order valence-corrected chi connectivity index (χ3v) is 3.64. The first kappa shape index (κ1) is 11.0. The lowest BCUT2D eigenvalue weighted by Gasteiger charge is -2.03. The third kappa shape index (κ3) is 2.15. The maximum atomic E-state index is 11.9. The van der Waals surface area contributed by atoms with E-state index in [1.165, 1.54) is 0 Å². The molecule has 0 saturated carbocycles. The van der Waals surface area contributed by atoms with Crippen molar-refractivity contribution in [2.24, 2.45) is 0 Å². The van der Waals surface area contributed by atoms with E-state index < -0.39 is 0 Å². The number of amides is 1. The van der Waals surface area contributed by atoms with Gasteiger partial charge in [0.25, 0.3) is 5.91 Å². The zero-order valence-corrected chi connectivity index (χ0v) is 10.5. The predicted octanol–water partition coefficient (Wildman–Crippen LogP) is 3.16. The maximum Gasteiger partial charge on any atom is 0.268 e. The number of H-pyrrole nitrogens is 1. The summed E-state index contributed by atoms with van der Waals surface area (Å²) in [5.74, 6) is -0.0674. The molecule has 0 saturated heterocycles. The van der Waals surface area contributed by atoms with Crippen LogP contribution in [0.1, 0.15) is 16.1 Å². The van der Waals surface area contributed by atoms with Crippen LogP contribution in [-0.2, 0) is 6.54 Å². The Hall–Kier alpha value is -2.07. The smallest absolute Gasteiger partial charge is 0.268 e. The topological polar surface area (TPSA) is 44.9 Å². The Kier molecular flexibility index (Phi) is 2.86. The summed E-state index contributed by atoms with van der Waals surface area (Å²) < 4.78 is 1.11. The second-order valence-corrected chi connectivity index (χ2v) is 5.00. The molecule has 3 nitrogen and oxygen atoms in total. The van der Waals surface area contributed by atoms with Crippen LogP contribution in [0.2, 0.25) is 0 Å². The number of nitrogens with one attached hydrogen (secondary N) is 2. The van der Waals surface area contributed by atoms with Crippen molar-refractivity contribution in [2.75, 3.05) is 0 Å². The number of rotatable bonds is 3. The second-order valence-electron chi connectivity index (χ2n) is 4.05. The minimum Gasteiger partial charge on any atom is -0.350 e. The van der Waals surface area contributed by atoms with E-state index in [9.17, 15) is 4.79 Å². The summed E-state index contributed by atoms with van der Waals surface area (Å²) in [5.41, 5.74) is 2.73. The highest BCUT2D eigenvalue weighted by atomic mass is 32.1. The molecule has 3 rings (SSSR count). The van der Waals surface area contributed by atoms with Crippen molar-refractivity contribution >= 4 is 27.5 Å². The van der Waals surface area contributed by atoms with Gasteiger partial charge in [-0.25, -0.2) is 0 Å². The molecule has 0 bridgehead atoms. The molecule has 0 unspecified atom stereocenters. The van der Waals surface area contributed by atoms with Crippen LogP contribution in [0.25, 0.3) is 10.2 Å². The number of hydrogen-bond donors (Lipinski definition) is 2. The number of aromatic nitrogens is 1. The predicted molar refractivity (Wildman–Crippen MR) is 73.8 cm³/mol. The van der Waals surface area contributed by atoms with E-state index in [2.05, 4.69) is 10.3 Å². The molecule has 90 valence electrons. The fourth-order valence-corrected chi connectivity index (χ4v) is 2.63. The minimum absolute atomic E-state index is 0.0674. The van der Waals surface area contributed by atoms with Crippen LogP contribution in [0.5, 0.6) is 0 Å². The Bertz CT molecular complexity index is 641. The van der Waals surface area contributed by atoms with Crippen molar-refractivity contribution in [3.63, 3.8) is 0 Å². The first-order chi connectivity index (χ1) is 8.83. The molecule has 0 atom stereocenters. The van der Waals surface area contributed by atoms with Gasteiger partial charge in [0.05, 0.1) is 10.2 Å². The molecule has 0 radical (unpaired) electrons. The minimum atomic E-state index is -0.0674. The highest BCUT2D eigenvalue weighted by Crippen LogP contribution is 2.21. The Balaban J connectivity index is 1.70. The molecule has 1 amide bonds. The summed E-state index contributed by atoms with van der Waals surface area (Å²) in [6, 6.07) is 13.7. The molecule has 2 aromatic heterocycles. The van der Waals surface area contributed by atoms with E-state index in [0.717, 1.165) is 15.8 Å². The lowest BCUT2D eigenvalue weighted by Crippen LogP contribution is -2.22. The van der Waals surface area contributed by atoms with Crippen LogP contribution in [0.15, 0.2) is 47.8 Å². The van der Waals surface area contributed by atoms with Crippen LogP contribution < -0.4 is 5.32 Å². The third-order valence-electron chi connectivity index (χ3n) is 2.78. The van der Waals surface area contributed by atoms with Gasteiger partial charge in [-0.1, -0.05) is 30.3 Å². The molecule has 0 aliphatic rings. The molecule has 1 aromatic carbocycles. The average Bonchev–Trinajstić information content (AvgIpc) is 2.98. The number of fused-ring (bicyclic) bond motifs is 1. The molecule has 0 aliphatic carbocycles. The number of aromatic amines is 1. The fraction of sp³-hybridized carbons (Fsp3) is 0.0714. The number of carbonyl (C=O) groups is 1. The lowest BCUT2D eigenvalue weighted by molar-refractivity contribution is 0.0947. The standard InChI is InChI=1S/C14H12N2OS/c17-14(15-9-10-4-2-1-3-5-10)12-8-13-11(16-12)6-7-18-13/h1-8,16H,9H2,(H,15,17). The highest BCUT2D eigenvalue weighted by molar-refractivity contribution is 7.17. The van der Waals surface area contributed by atoms with E-state index in [4.69, 9.17) is 0 Å². The molecule has 3 aromatic rings. The van der Waals surface area contributed by atoms with Gasteiger partial charge in [-0.05, 0) is 23.1 Å². The van der Waals surface area contributed by atoms with Crippen molar-refractivity contribution in [1.29, 1.82) is 0 Å². The molecular weight excluding hydrogens is 244 g/mol. The molecule has 18 heavy (non-hydrogen) atoms. The Labute approximate surface area is 108 Å². The average molecular weight is 256 g/mol. The summed E-state index contributed by atoms with van der Waals surface area (Å²) >= 11 is 1.63. The maximum absolute atomic E-state index is 11.9. The van der Waals surface area contributed by atoms with Gasteiger partial charge in [0.2, 0.25) is 0 Å². The van der Waals surface area contributed by atoms with Crippen molar-refractivity contribution in [2.45, 2.75) is 6.54 Å². The van der Waals surface area contributed by atoms with Gasteiger partial charge in [0, 0.05) is 6.54 Å². The number of benzene rings is 1. The quantitative estimate of drug-likeness (QED) is 0.743. The SMILES string of the molecule is O=C(NCc1ccccc1)c1cc2sccc2[nH]1. The summed E-state index contributed by atoms with van der Waals surface area (Å²) in [6.45, 7) is 0.548. The van der Waals surface area contributed by atoms with Gasteiger partial charge in [-0.15, -0.1) is 11.3 Å². The first-order valence-corrected chi connectivity index (χ1v) is 6.59. The van der Waals surface area contributed by atoms with Gasteiger partial charge in [-0.3, -0.25) is 4.79 Å². The first-order valence-electron chi connectivity index (χ1n) is 5.71. The van der Waals surface area contributed by atoms with Gasteiger partial charge >= 0.3 is 0 Å². The van der Waals surface area contributed by atoms with Crippen molar-refractivity contribution in [1.82, 2.24) is 10.3 Å².